The number of esters is 1. The van der Waals surface area contributed by atoms with Crippen molar-refractivity contribution >= 4 is 29.2 Å². The number of hydrogen-bond donors (Lipinski definition) is 1. The molecule has 0 aliphatic carbocycles. The standard InChI is InChI=1S/C18H19ClF2N2O4.C13H11ClF2N2O2/c1-3-26-18(25)10(2)27-14-8-11(12(20)9-13(14)21)15-16(19)22-6-4-5-7-23(22)17(15)24;14-12-11(7-5-10(19)9(16)6-8(7)15)13(20)18-4-2-1-3-17(12)18/h8-10H,3-7H2,1-2H3;5-6,19H,1-4H2. The molecule has 0 saturated carbocycles. The number of halogens is 6. The number of hydrogen-bond acceptors (Lipinski definition) is 6. The number of phenolic OH excluding ortho intramolecular Hbond substituents is 1. The van der Waals surface area contributed by atoms with Gasteiger partial charge in [-0.1, -0.05) is 23.2 Å². The molecule has 10 nitrogen and oxygen atoms in total. The number of carbonyl (C=O) groups is 1. The molecular formula is C31H30Cl2F4N4O6. The van der Waals surface area contributed by atoms with E-state index in [1.54, 1.807) is 16.3 Å². The molecule has 4 aromatic rings. The predicted octanol–water partition coefficient (Wildman–Crippen LogP) is 6.12. The summed E-state index contributed by atoms with van der Waals surface area (Å²) < 4.78 is 71.7. The normalized spacial score (nSPS) is 14.5. The summed E-state index contributed by atoms with van der Waals surface area (Å²) in [7, 11) is 0. The Kier molecular flexibility index (Phi) is 10.1. The van der Waals surface area contributed by atoms with Crippen LogP contribution in [0.25, 0.3) is 22.3 Å². The van der Waals surface area contributed by atoms with Crippen molar-refractivity contribution in [1.29, 1.82) is 0 Å². The minimum Gasteiger partial charge on any atom is -0.505 e. The third-order valence-corrected chi connectivity index (χ3v) is 8.61. The van der Waals surface area contributed by atoms with Crippen LogP contribution < -0.4 is 15.9 Å². The predicted molar refractivity (Wildman–Crippen MR) is 165 cm³/mol. The first-order valence-electron chi connectivity index (χ1n) is 14.8. The summed E-state index contributed by atoms with van der Waals surface area (Å²) in [4.78, 5) is 36.7. The maximum Gasteiger partial charge on any atom is 0.347 e. The number of aromatic nitrogens is 4. The smallest absolute Gasteiger partial charge is 0.347 e. The largest absolute Gasteiger partial charge is 0.505 e. The molecule has 1 unspecified atom stereocenters. The summed E-state index contributed by atoms with van der Waals surface area (Å²) >= 11 is 12.5. The number of ether oxygens (including phenoxy) is 2. The minimum absolute atomic E-state index is 0.0404. The Bertz CT molecular complexity index is 1970. The molecule has 1 atom stereocenters. The fourth-order valence-electron chi connectivity index (χ4n) is 5.54. The van der Waals surface area contributed by atoms with E-state index in [9.17, 15) is 37.1 Å². The second-order valence-corrected chi connectivity index (χ2v) is 11.6. The van der Waals surface area contributed by atoms with Crippen LogP contribution in [-0.2, 0) is 35.7 Å². The Morgan fingerprint density at radius 2 is 1.21 bits per heavy atom. The van der Waals surface area contributed by atoms with Gasteiger partial charge in [0.25, 0.3) is 11.1 Å². The fourth-order valence-corrected chi connectivity index (χ4v) is 6.26. The number of fused-ring (bicyclic) bond motifs is 2. The first-order valence-corrected chi connectivity index (χ1v) is 15.6. The SMILES string of the molecule is CCOC(=O)C(C)Oc1cc(-c2c(Cl)n3n(c2=O)CCCC3)c(F)cc1F.O=c1c(-c2cc(O)c(F)cc2F)c(Cl)n2n1CCCC2. The van der Waals surface area contributed by atoms with Gasteiger partial charge < -0.3 is 14.6 Å². The average molecular weight is 702 g/mol. The first kappa shape index (κ1) is 34.2. The lowest BCUT2D eigenvalue weighted by Gasteiger charge is -2.17. The lowest BCUT2D eigenvalue weighted by Crippen LogP contribution is -2.27. The van der Waals surface area contributed by atoms with E-state index in [0.29, 0.717) is 38.3 Å². The fraction of sp³-hybridized carbons (Fsp3) is 0.387. The van der Waals surface area contributed by atoms with Gasteiger partial charge in [0.2, 0.25) is 0 Å². The number of carbonyl (C=O) groups excluding carboxylic acids is 1. The molecule has 16 heteroatoms. The van der Waals surface area contributed by atoms with Crippen molar-refractivity contribution in [3.8, 4) is 33.8 Å². The monoisotopic (exact) mass is 700 g/mol. The van der Waals surface area contributed by atoms with Crippen LogP contribution in [0, 0.1) is 23.3 Å². The Labute approximate surface area is 275 Å². The van der Waals surface area contributed by atoms with Crippen LogP contribution in [0.15, 0.2) is 33.9 Å². The maximum absolute atomic E-state index is 14.5. The van der Waals surface area contributed by atoms with Crippen LogP contribution in [0.4, 0.5) is 17.6 Å². The number of aromatic hydroxyl groups is 1. The van der Waals surface area contributed by atoms with E-state index in [2.05, 4.69) is 0 Å². The van der Waals surface area contributed by atoms with E-state index >= 15 is 0 Å². The second kappa shape index (κ2) is 13.9. The Morgan fingerprint density at radius 3 is 1.68 bits per heavy atom. The molecule has 2 aliphatic rings. The molecule has 0 spiro atoms. The molecule has 2 aromatic heterocycles. The Balaban J connectivity index is 0.000000193. The van der Waals surface area contributed by atoms with Gasteiger partial charge >= 0.3 is 5.97 Å². The Morgan fingerprint density at radius 1 is 0.766 bits per heavy atom. The van der Waals surface area contributed by atoms with Crippen molar-refractivity contribution in [1.82, 2.24) is 18.7 Å². The third kappa shape index (κ3) is 6.53. The van der Waals surface area contributed by atoms with Crippen LogP contribution in [-0.4, -0.2) is 42.5 Å². The summed E-state index contributed by atoms with van der Waals surface area (Å²) in [6.07, 6.45) is 2.29. The van der Waals surface area contributed by atoms with Crippen LogP contribution >= 0.6 is 23.2 Å². The maximum atomic E-state index is 14.5. The summed E-state index contributed by atoms with van der Waals surface area (Å²) in [6.45, 7) is 5.26. The van der Waals surface area contributed by atoms with Gasteiger partial charge in [-0.3, -0.25) is 19.0 Å². The zero-order valence-electron chi connectivity index (χ0n) is 25.3. The molecule has 0 saturated heterocycles. The van der Waals surface area contributed by atoms with Gasteiger partial charge in [-0.15, -0.1) is 0 Å². The zero-order chi connectivity index (χ0) is 34.2. The molecule has 2 aromatic carbocycles. The van der Waals surface area contributed by atoms with Gasteiger partial charge in [0.05, 0.1) is 17.7 Å². The third-order valence-electron chi connectivity index (χ3n) is 7.84. The van der Waals surface area contributed by atoms with E-state index in [1.807, 2.05) is 0 Å². The van der Waals surface area contributed by atoms with Gasteiger partial charge in [-0.2, -0.15) is 0 Å². The lowest BCUT2D eigenvalue weighted by atomic mass is 10.1. The van der Waals surface area contributed by atoms with Gasteiger partial charge in [-0.25, -0.2) is 31.7 Å². The average Bonchev–Trinajstić information content (AvgIpc) is 3.45. The van der Waals surface area contributed by atoms with E-state index in [1.165, 1.54) is 16.3 Å². The highest BCUT2D eigenvalue weighted by Crippen LogP contribution is 2.35. The number of rotatable bonds is 6. The molecule has 252 valence electrons. The molecule has 0 radical (unpaired) electrons. The zero-order valence-corrected chi connectivity index (χ0v) is 26.8. The molecule has 2 aliphatic heterocycles. The van der Waals surface area contributed by atoms with Gasteiger partial charge in [-0.05, 0) is 51.7 Å². The molecule has 0 fully saturated rings. The highest BCUT2D eigenvalue weighted by atomic mass is 35.5. The summed E-state index contributed by atoms with van der Waals surface area (Å²) in [6, 6.07) is 3.09. The van der Waals surface area contributed by atoms with Crippen molar-refractivity contribution in [2.75, 3.05) is 6.61 Å². The molecule has 6 rings (SSSR count). The molecule has 0 bridgehead atoms. The highest BCUT2D eigenvalue weighted by molar-refractivity contribution is 6.32. The Hall–Kier alpha value is -4.17. The topological polar surface area (TPSA) is 110 Å². The van der Waals surface area contributed by atoms with Crippen LogP contribution in [0.2, 0.25) is 10.3 Å². The molecule has 0 amide bonds. The van der Waals surface area contributed by atoms with Gasteiger partial charge in [0, 0.05) is 49.4 Å². The molecular weight excluding hydrogens is 671 g/mol. The van der Waals surface area contributed by atoms with Crippen molar-refractivity contribution < 1.29 is 36.9 Å². The van der Waals surface area contributed by atoms with Crippen LogP contribution in [0.1, 0.15) is 39.5 Å². The van der Waals surface area contributed by atoms with Gasteiger partial charge in [0.15, 0.2) is 29.2 Å². The van der Waals surface area contributed by atoms with E-state index in [0.717, 1.165) is 37.8 Å². The number of phenols is 1. The molecule has 1 N–H and O–H groups in total. The highest BCUT2D eigenvalue weighted by Gasteiger charge is 2.27. The van der Waals surface area contributed by atoms with Crippen molar-refractivity contribution in [3.05, 3.63) is 78.5 Å². The van der Waals surface area contributed by atoms with Crippen LogP contribution in [0.5, 0.6) is 11.5 Å². The number of benzene rings is 2. The first-order chi connectivity index (χ1) is 22.3. The van der Waals surface area contributed by atoms with Crippen molar-refractivity contribution in [2.24, 2.45) is 0 Å². The quantitative estimate of drug-likeness (QED) is 0.192. The van der Waals surface area contributed by atoms with E-state index < -0.39 is 52.2 Å². The van der Waals surface area contributed by atoms with E-state index in [4.69, 9.17) is 32.7 Å². The van der Waals surface area contributed by atoms with E-state index in [-0.39, 0.29) is 44.9 Å². The number of nitrogens with zero attached hydrogens (tertiary/aromatic N) is 4. The van der Waals surface area contributed by atoms with Crippen molar-refractivity contribution in [2.45, 2.75) is 71.8 Å². The second-order valence-electron chi connectivity index (χ2n) is 10.9. The molecule has 47 heavy (non-hydrogen) atoms. The van der Waals surface area contributed by atoms with Crippen molar-refractivity contribution in [3.63, 3.8) is 0 Å². The summed E-state index contributed by atoms with van der Waals surface area (Å²) in [5, 5.41) is 9.57. The lowest BCUT2D eigenvalue weighted by molar-refractivity contribution is -0.150. The summed E-state index contributed by atoms with van der Waals surface area (Å²) in [5.74, 6) is -5.70. The van der Waals surface area contributed by atoms with Crippen LogP contribution in [0.3, 0.4) is 0 Å². The van der Waals surface area contributed by atoms with Gasteiger partial charge in [0.1, 0.15) is 21.9 Å². The minimum atomic E-state index is -1.10. The molecule has 4 heterocycles. The summed E-state index contributed by atoms with van der Waals surface area (Å²) in [5.41, 5.74) is -1.33.